The number of alkyl carbamates (subject to hydrolysis) is 1. The number of ether oxygens (including phenoxy) is 1. The smallest absolute Gasteiger partial charge is 0.407 e. The molecule has 0 aliphatic heterocycles. The molecule has 4 aromatic heterocycles. The Morgan fingerprint density at radius 2 is 1.77 bits per heavy atom. The summed E-state index contributed by atoms with van der Waals surface area (Å²) in [6.07, 6.45) is 5.23. The lowest BCUT2D eigenvalue weighted by molar-refractivity contribution is 0.105. The van der Waals surface area contributed by atoms with Gasteiger partial charge in [0.1, 0.15) is 6.61 Å². The van der Waals surface area contributed by atoms with E-state index in [0.717, 1.165) is 9.54 Å². The van der Waals surface area contributed by atoms with Crippen molar-refractivity contribution in [1.29, 1.82) is 0 Å². The van der Waals surface area contributed by atoms with Crippen LogP contribution in [0.5, 0.6) is 0 Å². The van der Waals surface area contributed by atoms with Crippen LogP contribution in [0.1, 0.15) is 50.1 Å². The number of aromatic nitrogens is 6. The summed E-state index contributed by atoms with van der Waals surface area (Å²) >= 11 is 3.63. The number of carbonyl (C=O) groups excluding carboxylic acids is 1. The number of fused-ring (bicyclic) bond motifs is 3. The summed E-state index contributed by atoms with van der Waals surface area (Å²) in [5, 5.41) is 16.9. The Balaban J connectivity index is 1.32. The first-order valence-corrected chi connectivity index (χ1v) is 19.1. The SMILES string of the molecule is Cn1cc(-c2c(Br)c3c(ncc4c3n(C3CCC(CCCO)(NC(=O)OCc5ccccc5)CC3)c(=O)n4C)n2S(=O)(=O)c2ccccc2)c(F)n1. The van der Waals surface area contributed by atoms with E-state index in [9.17, 15) is 23.1 Å². The number of hydrogen-bond donors (Lipinski definition) is 2. The Hall–Kier alpha value is -4.80. The van der Waals surface area contributed by atoms with Gasteiger partial charge in [-0.3, -0.25) is 13.8 Å². The summed E-state index contributed by atoms with van der Waals surface area (Å²) in [5.74, 6) is -0.876. The van der Waals surface area contributed by atoms with Crippen molar-refractivity contribution in [1.82, 2.24) is 33.2 Å². The van der Waals surface area contributed by atoms with E-state index in [-0.39, 0.29) is 51.2 Å². The van der Waals surface area contributed by atoms with Crippen LogP contribution in [0.3, 0.4) is 0 Å². The maximum Gasteiger partial charge on any atom is 0.407 e. The van der Waals surface area contributed by atoms with E-state index in [4.69, 9.17) is 4.74 Å². The standard InChI is InChI=1S/C36H37BrFN7O6S/c1-42-21-26(32(38)41-42)30-29(37)28-31-27(20-39-33(28)45(30)52(49,50)25-12-7-4-8-13-25)43(2)35(48)44(31)24-14-17-36(18-15-24,16-9-19-46)40-34(47)51-22-23-10-5-3-6-11-23/h3-8,10-13,20-21,24,46H,9,14-19,22H2,1-2H3,(H,40,47). The number of nitrogens with zero attached hydrogens (tertiary/aromatic N) is 6. The van der Waals surface area contributed by atoms with Gasteiger partial charge in [-0.25, -0.2) is 27.0 Å². The van der Waals surface area contributed by atoms with Crippen LogP contribution >= 0.6 is 15.9 Å². The molecule has 13 nitrogen and oxygen atoms in total. The molecule has 1 fully saturated rings. The summed E-state index contributed by atoms with van der Waals surface area (Å²) in [6, 6.07) is 16.8. The number of carbonyl (C=O) groups is 1. The van der Waals surface area contributed by atoms with Crippen LogP contribution in [0.2, 0.25) is 0 Å². The van der Waals surface area contributed by atoms with Gasteiger partial charge in [-0.15, -0.1) is 5.10 Å². The average Bonchev–Trinajstić information content (AvgIpc) is 3.74. The molecular weight excluding hydrogens is 757 g/mol. The van der Waals surface area contributed by atoms with E-state index in [2.05, 4.69) is 31.3 Å². The fourth-order valence-electron chi connectivity index (χ4n) is 7.36. The van der Waals surface area contributed by atoms with Gasteiger partial charge in [0.15, 0.2) is 5.65 Å². The van der Waals surface area contributed by atoms with Crippen LogP contribution in [0.15, 0.2) is 87.2 Å². The largest absolute Gasteiger partial charge is 0.445 e. The maximum atomic E-state index is 15.4. The van der Waals surface area contributed by atoms with E-state index in [1.54, 1.807) is 29.8 Å². The number of aryl methyl sites for hydroxylation is 2. The molecule has 6 aromatic rings. The Bertz CT molecular complexity index is 2450. The first-order chi connectivity index (χ1) is 25.0. The summed E-state index contributed by atoms with van der Waals surface area (Å²) in [4.78, 5) is 31.7. The van der Waals surface area contributed by atoms with Gasteiger partial charge in [0.25, 0.3) is 10.0 Å². The quantitative estimate of drug-likeness (QED) is 0.177. The van der Waals surface area contributed by atoms with Crippen molar-refractivity contribution in [3.05, 3.63) is 99.5 Å². The highest BCUT2D eigenvalue weighted by atomic mass is 79.9. The van der Waals surface area contributed by atoms with Crippen LogP contribution in [0.4, 0.5) is 9.18 Å². The molecular formula is C36H37BrFN7O6S. The molecule has 2 aromatic carbocycles. The Labute approximate surface area is 306 Å². The van der Waals surface area contributed by atoms with Gasteiger partial charge in [0, 0.05) is 38.5 Å². The van der Waals surface area contributed by atoms with Gasteiger partial charge >= 0.3 is 11.8 Å². The maximum absolute atomic E-state index is 15.4. The number of benzene rings is 2. The molecule has 0 radical (unpaired) electrons. The number of rotatable bonds is 10. The number of imidazole rings is 1. The topological polar surface area (TPSA) is 155 Å². The molecule has 0 saturated heterocycles. The van der Waals surface area contributed by atoms with Gasteiger partial charge in [0.05, 0.1) is 43.2 Å². The number of amides is 1. The fraction of sp³-hybridized carbons (Fsp3) is 0.333. The van der Waals surface area contributed by atoms with Crippen molar-refractivity contribution in [3.63, 3.8) is 0 Å². The van der Waals surface area contributed by atoms with Crippen molar-refractivity contribution in [3.8, 4) is 11.3 Å². The lowest BCUT2D eigenvalue weighted by Crippen LogP contribution is -2.51. The minimum absolute atomic E-state index is 0.0109. The van der Waals surface area contributed by atoms with E-state index in [1.807, 2.05) is 30.3 Å². The predicted molar refractivity (Wildman–Crippen MR) is 196 cm³/mol. The van der Waals surface area contributed by atoms with Crippen molar-refractivity contribution in [2.75, 3.05) is 6.61 Å². The van der Waals surface area contributed by atoms with Crippen molar-refractivity contribution >= 4 is 54.1 Å². The Kier molecular flexibility index (Phi) is 9.56. The molecule has 0 spiro atoms. The molecule has 7 rings (SSSR count). The fourth-order valence-corrected chi connectivity index (χ4v) is 9.74. The second kappa shape index (κ2) is 14.0. The zero-order valence-corrected chi connectivity index (χ0v) is 30.9. The average molecular weight is 795 g/mol. The van der Waals surface area contributed by atoms with E-state index in [0.29, 0.717) is 54.9 Å². The zero-order valence-electron chi connectivity index (χ0n) is 28.5. The minimum atomic E-state index is -4.35. The molecule has 0 atom stereocenters. The molecule has 1 aliphatic carbocycles. The third-order valence-corrected chi connectivity index (χ3v) is 12.4. The number of nitrogens with one attached hydrogen (secondary N) is 1. The number of aliphatic hydroxyl groups excluding tert-OH is 1. The summed E-state index contributed by atoms with van der Waals surface area (Å²) in [7, 11) is -1.19. The van der Waals surface area contributed by atoms with Crippen LogP contribution in [0, 0.1) is 5.95 Å². The van der Waals surface area contributed by atoms with Crippen molar-refractivity contribution in [2.45, 2.75) is 61.6 Å². The molecule has 1 amide bonds. The molecule has 2 N–H and O–H groups in total. The highest BCUT2D eigenvalue weighted by molar-refractivity contribution is 9.10. The van der Waals surface area contributed by atoms with Gasteiger partial charge < -0.3 is 15.2 Å². The highest BCUT2D eigenvalue weighted by Gasteiger charge is 2.39. The van der Waals surface area contributed by atoms with Crippen molar-refractivity contribution < 1.29 is 27.4 Å². The molecule has 16 heteroatoms. The van der Waals surface area contributed by atoms with Crippen LogP contribution < -0.4 is 11.0 Å². The van der Waals surface area contributed by atoms with Gasteiger partial charge in [-0.2, -0.15) is 4.39 Å². The number of halogens is 2. The van der Waals surface area contributed by atoms with Crippen molar-refractivity contribution in [2.24, 2.45) is 14.1 Å². The lowest BCUT2D eigenvalue weighted by Gasteiger charge is -2.41. The summed E-state index contributed by atoms with van der Waals surface area (Å²) < 4.78 is 55.3. The summed E-state index contributed by atoms with van der Waals surface area (Å²) in [6.45, 7) is 0.0662. The molecule has 1 saturated carbocycles. The normalized spacial score (nSPS) is 17.9. The minimum Gasteiger partial charge on any atom is -0.445 e. The Morgan fingerprint density at radius 3 is 2.40 bits per heavy atom. The monoisotopic (exact) mass is 793 g/mol. The first kappa shape index (κ1) is 35.6. The molecule has 1 aliphatic rings. The third-order valence-electron chi connectivity index (χ3n) is 9.92. The molecule has 52 heavy (non-hydrogen) atoms. The first-order valence-electron chi connectivity index (χ1n) is 16.9. The van der Waals surface area contributed by atoms with Gasteiger partial charge in [0.2, 0.25) is 5.95 Å². The summed E-state index contributed by atoms with van der Waals surface area (Å²) in [5.41, 5.74) is 0.692. The van der Waals surface area contributed by atoms with E-state index in [1.165, 1.54) is 40.8 Å². The third kappa shape index (κ3) is 6.21. The number of pyridine rings is 1. The molecule has 4 heterocycles. The van der Waals surface area contributed by atoms with E-state index < -0.39 is 27.6 Å². The number of aliphatic hydroxyl groups is 1. The van der Waals surface area contributed by atoms with E-state index >= 15 is 4.39 Å². The van der Waals surface area contributed by atoms with Gasteiger partial charge in [-0.1, -0.05) is 48.5 Å². The lowest BCUT2D eigenvalue weighted by atomic mass is 9.76. The highest BCUT2D eigenvalue weighted by Crippen LogP contribution is 2.45. The number of hydrogen-bond acceptors (Lipinski definition) is 8. The van der Waals surface area contributed by atoms with Gasteiger partial charge in [-0.05, 0) is 72.2 Å². The Morgan fingerprint density at radius 1 is 1.10 bits per heavy atom. The second-order valence-electron chi connectivity index (χ2n) is 13.2. The molecule has 0 bridgehead atoms. The molecule has 272 valence electrons. The van der Waals surface area contributed by atoms with Crippen LogP contribution in [0.25, 0.3) is 33.3 Å². The van der Waals surface area contributed by atoms with Crippen LogP contribution in [-0.4, -0.2) is 59.6 Å². The van der Waals surface area contributed by atoms with Crippen LogP contribution in [-0.2, 0) is 35.5 Å². The second-order valence-corrected chi connectivity index (χ2v) is 15.8. The predicted octanol–water partition coefficient (Wildman–Crippen LogP) is 5.78. The molecule has 0 unspecified atom stereocenters. The zero-order chi connectivity index (χ0) is 36.8.